The summed E-state index contributed by atoms with van der Waals surface area (Å²) in [6.07, 6.45) is 0. The van der Waals surface area contributed by atoms with E-state index in [1.807, 2.05) is 19.1 Å². The van der Waals surface area contributed by atoms with E-state index in [2.05, 4.69) is 72.6 Å². The highest BCUT2D eigenvalue weighted by Gasteiger charge is 2.24. The Kier molecular flexibility index (Phi) is 6.98. The summed E-state index contributed by atoms with van der Waals surface area (Å²) in [6, 6.07) is 21.2. The molecular weight excluding hydrogens is 296 g/mol. The summed E-state index contributed by atoms with van der Waals surface area (Å²) in [7, 11) is 0. The van der Waals surface area contributed by atoms with Crippen LogP contribution in [0.3, 0.4) is 0 Å². The van der Waals surface area contributed by atoms with Crippen molar-refractivity contribution >= 4 is 0 Å². The van der Waals surface area contributed by atoms with Crippen molar-refractivity contribution in [3.8, 4) is 0 Å². The lowest BCUT2D eigenvalue weighted by molar-refractivity contribution is 0.0136. The summed E-state index contributed by atoms with van der Waals surface area (Å²) in [5.41, 5.74) is 1.76. The molecule has 0 heterocycles. The third kappa shape index (κ3) is 6.83. The average Bonchev–Trinajstić information content (AvgIpc) is 2.54. The Bertz CT molecular complexity index is 540. The van der Waals surface area contributed by atoms with Gasteiger partial charge in [0.05, 0.1) is 5.60 Å². The molecule has 2 aromatic rings. The number of rotatable bonds is 9. The normalized spacial score (nSPS) is 14.1. The van der Waals surface area contributed by atoms with Crippen molar-refractivity contribution in [1.29, 1.82) is 0 Å². The topological polar surface area (TPSA) is 35.5 Å². The van der Waals surface area contributed by atoms with Crippen LogP contribution in [0.1, 0.15) is 31.9 Å². The van der Waals surface area contributed by atoms with E-state index < -0.39 is 5.60 Å². The zero-order valence-corrected chi connectivity index (χ0v) is 15.1. The van der Waals surface area contributed by atoms with Gasteiger partial charge in [0, 0.05) is 32.2 Å². The molecule has 0 fully saturated rings. The monoisotopic (exact) mass is 326 g/mol. The lowest BCUT2D eigenvalue weighted by atomic mass is 10.0. The molecule has 3 heteroatoms. The van der Waals surface area contributed by atoms with Crippen LogP contribution in [-0.2, 0) is 13.1 Å². The van der Waals surface area contributed by atoms with E-state index >= 15 is 0 Å². The van der Waals surface area contributed by atoms with Crippen molar-refractivity contribution in [2.24, 2.45) is 0 Å². The third-order valence-corrected chi connectivity index (χ3v) is 3.95. The van der Waals surface area contributed by atoms with E-state index in [4.69, 9.17) is 0 Å². The van der Waals surface area contributed by atoms with E-state index in [1.165, 1.54) is 11.1 Å². The van der Waals surface area contributed by atoms with E-state index in [0.717, 1.165) is 13.1 Å². The largest absolute Gasteiger partial charge is 0.388 e. The molecular formula is C21H30N2O. The van der Waals surface area contributed by atoms with Gasteiger partial charge in [0.1, 0.15) is 0 Å². The van der Waals surface area contributed by atoms with Gasteiger partial charge in [-0.1, -0.05) is 74.5 Å². The smallest absolute Gasteiger partial charge is 0.0870 e. The highest BCUT2D eigenvalue weighted by atomic mass is 16.3. The predicted molar refractivity (Wildman–Crippen MR) is 101 cm³/mol. The number of benzene rings is 2. The van der Waals surface area contributed by atoms with Crippen molar-refractivity contribution in [2.75, 3.05) is 13.1 Å². The first-order chi connectivity index (χ1) is 11.4. The maximum atomic E-state index is 10.8. The fraction of sp³-hybridized carbons (Fsp3) is 0.429. The van der Waals surface area contributed by atoms with Gasteiger partial charge in [-0.3, -0.25) is 4.90 Å². The Morgan fingerprint density at radius 2 is 1.38 bits per heavy atom. The van der Waals surface area contributed by atoms with Gasteiger partial charge in [0.2, 0.25) is 0 Å². The molecule has 0 bridgehead atoms. The van der Waals surface area contributed by atoms with Gasteiger partial charge < -0.3 is 10.4 Å². The zero-order valence-electron chi connectivity index (χ0n) is 15.1. The molecule has 1 atom stereocenters. The molecule has 0 saturated carbocycles. The molecule has 0 radical (unpaired) electrons. The second kappa shape index (κ2) is 8.97. The number of aliphatic hydroxyl groups is 1. The maximum Gasteiger partial charge on any atom is 0.0870 e. The van der Waals surface area contributed by atoms with Crippen LogP contribution in [0.15, 0.2) is 60.7 Å². The zero-order chi connectivity index (χ0) is 17.4. The predicted octanol–water partition coefficient (Wildman–Crippen LogP) is 3.44. The first kappa shape index (κ1) is 18.7. The molecule has 0 aromatic heterocycles. The summed E-state index contributed by atoms with van der Waals surface area (Å²) >= 11 is 0. The fourth-order valence-corrected chi connectivity index (χ4v) is 2.81. The summed E-state index contributed by atoms with van der Waals surface area (Å²) in [5.74, 6) is 0. The summed E-state index contributed by atoms with van der Waals surface area (Å²) in [6.45, 7) is 8.97. The summed E-state index contributed by atoms with van der Waals surface area (Å²) in [4.78, 5) is 2.31. The van der Waals surface area contributed by atoms with Crippen LogP contribution in [0.4, 0.5) is 0 Å². The molecule has 0 aliphatic heterocycles. The highest BCUT2D eigenvalue weighted by Crippen LogP contribution is 2.14. The molecule has 2 aromatic carbocycles. The molecule has 130 valence electrons. The van der Waals surface area contributed by atoms with Crippen LogP contribution in [0.25, 0.3) is 0 Å². The molecule has 24 heavy (non-hydrogen) atoms. The molecule has 0 amide bonds. The molecule has 0 aliphatic carbocycles. The minimum atomic E-state index is -0.770. The van der Waals surface area contributed by atoms with E-state index in [9.17, 15) is 5.11 Å². The Balaban J connectivity index is 2.06. The van der Waals surface area contributed by atoms with Gasteiger partial charge in [0.15, 0.2) is 0 Å². The van der Waals surface area contributed by atoms with Crippen molar-refractivity contribution < 1.29 is 5.11 Å². The number of nitrogens with zero attached hydrogens (tertiary/aromatic N) is 1. The SMILES string of the molecule is CC(C)NCC(C)(O)CN(Cc1ccccc1)Cc1ccccc1. The minimum Gasteiger partial charge on any atom is -0.388 e. The maximum absolute atomic E-state index is 10.8. The number of hydrogen-bond donors (Lipinski definition) is 2. The van der Waals surface area contributed by atoms with Crippen LogP contribution in [0.2, 0.25) is 0 Å². The fourth-order valence-electron chi connectivity index (χ4n) is 2.81. The van der Waals surface area contributed by atoms with Crippen molar-refractivity contribution in [1.82, 2.24) is 10.2 Å². The molecule has 1 unspecified atom stereocenters. The minimum absolute atomic E-state index is 0.369. The van der Waals surface area contributed by atoms with Crippen LogP contribution in [0.5, 0.6) is 0 Å². The first-order valence-electron chi connectivity index (χ1n) is 8.70. The molecule has 2 N–H and O–H groups in total. The Hall–Kier alpha value is -1.68. The van der Waals surface area contributed by atoms with E-state index in [-0.39, 0.29) is 0 Å². The average molecular weight is 326 g/mol. The van der Waals surface area contributed by atoms with Crippen LogP contribution < -0.4 is 5.32 Å². The van der Waals surface area contributed by atoms with Gasteiger partial charge in [-0.15, -0.1) is 0 Å². The van der Waals surface area contributed by atoms with Gasteiger partial charge in [0.25, 0.3) is 0 Å². The Labute approximate surface area is 146 Å². The van der Waals surface area contributed by atoms with Crippen molar-refractivity contribution in [3.05, 3.63) is 71.8 Å². The van der Waals surface area contributed by atoms with Gasteiger partial charge >= 0.3 is 0 Å². The second-order valence-corrected chi connectivity index (χ2v) is 7.15. The third-order valence-electron chi connectivity index (χ3n) is 3.95. The Morgan fingerprint density at radius 3 is 1.79 bits per heavy atom. The van der Waals surface area contributed by atoms with Crippen molar-refractivity contribution in [2.45, 2.75) is 45.5 Å². The number of hydrogen-bond acceptors (Lipinski definition) is 3. The highest BCUT2D eigenvalue weighted by molar-refractivity contribution is 5.17. The molecule has 0 spiro atoms. The Morgan fingerprint density at radius 1 is 0.917 bits per heavy atom. The van der Waals surface area contributed by atoms with E-state index in [0.29, 0.717) is 19.1 Å². The van der Waals surface area contributed by atoms with Gasteiger partial charge in [-0.25, -0.2) is 0 Å². The van der Waals surface area contributed by atoms with Crippen molar-refractivity contribution in [3.63, 3.8) is 0 Å². The van der Waals surface area contributed by atoms with Gasteiger partial charge in [-0.05, 0) is 18.1 Å². The summed E-state index contributed by atoms with van der Waals surface area (Å²) < 4.78 is 0. The van der Waals surface area contributed by atoms with E-state index in [1.54, 1.807) is 0 Å². The molecule has 0 aliphatic rings. The molecule has 2 rings (SSSR count). The lowest BCUT2D eigenvalue weighted by Gasteiger charge is -2.32. The first-order valence-corrected chi connectivity index (χ1v) is 8.70. The number of nitrogens with one attached hydrogen (secondary N) is 1. The van der Waals surface area contributed by atoms with Gasteiger partial charge in [-0.2, -0.15) is 0 Å². The molecule has 0 saturated heterocycles. The van der Waals surface area contributed by atoms with Crippen LogP contribution >= 0.6 is 0 Å². The summed E-state index contributed by atoms with van der Waals surface area (Å²) in [5, 5.41) is 14.1. The van der Waals surface area contributed by atoms with Crippen LogP contribution in [-0.4, -0.2) is 34.7 Å². The second-order valence-electron chi connectivity index (χ2n) is 7.15. The quantitative estimate of drug-likeness (QED) is 0.741. The lowest BCUT2D eigenvalue weighted by Crippen LogP contribution is -2.48. The van der Waals surface area contributed by atoms with Crippen LogP contribution in [0, 0.1) is 0 Å². The molecule has 3 nitrogen and oxygen atoms in total. The standard InChI is InChI=1S/C21H30N2O/c1-18(2)22-16-21(3,24)17-23(14-19-10-6-4-7-11-19)15-20-12-8-5-9-13-20/h4-13,18,22,24H,14-17H2,1-3H3.